The molecule has 2 fully saturated rings. The predicted octanol–water partition coefficient (Wildman–Crippen LogP) is 5.33. The Morgan fingerprint density at radius 1 is 0.759 bits per heavy atom. The summed E-state index contributed by atoms with van der Waals surface area (Å²) in [6.07, 6.45) is 12.5. The molecule has 0 unspecified atom stereocenters. The van der Waals surface area contributed by atoms with Crippen LogP contribution in [0.5, 0.6) is 5.75 Å². The third kappa shape index (κ3) is 5.74. The van der Waals surface area contributed by atoms with E-state index >= 15 is 0 Å². The molecule has 160 valence electrons. The maximum absolute atomic E-state index is 11.2. The number of unbranched alkanes of at least 4 members (excludes halogenated alkanes) is 4. The fourth-order valence-electron chi connectivity index (χ4n) is 4.34. The van der Waals surface area contributed by atoms with E-state index in [4.69, 9.17) is 0 Å². The molecule has 0 atom stereocenters. The molecule has 0 heterocycles. The predicted molar refractivity (Wildman–Crippen MR) is 111 cm³/mol. The summed E-state index contributed by atoms with van der Waals surface area (Å²) in [6, 6.07) is 5.95. The van der Waals surface area contributed by atoms with Crippen LogP contribution in [0, 0.1) is 10.8 Å². The average molecular weight is 403 g/mol. The Morgan fingerprint density at radius 3 is 1.72 bits per heavy atom. The van der Waals surface area contributed by atoms with Gasteiger partial charge in [0, 0.05) is 0 Å². The average Bonchev–Trinajstić information content (AvgIpc) is 3.58. The Balaban J connectivity index is 1.30. The SMILES string of the molecule is O=C(O)C1(CCCCCc2ccc(CCCCCC3(C(=O)O)CC3)c(O)c2)CC1. The molecule has 1 aromatic rings. The molecule has 0 aliphatic heterocycles. The van der Waals surface area contributed by atoms with Crippen molar-refractivity contribution in [1.29, 1.82) is 0 Å². The summed E-state index contributed by atoms with van der Waals surface area (Å²) in [5, 5.41) is 28.7. The van der Waals surface area contributed by atoms with E-state index in [0.29, 0.717) is 5.75 Å². The fourth-order valence-corrected chi connectivity index (χ4v) is 4.34. The second-order valence-corrected chi connectivity index (χ2v) is 9.26. The molecule has 1 aromatic carbocycles. The van der Waals surface area contributed by atoms with Crippen LogP contribution >= 0.6 is 0 Å². The molecule has 5 nitrogen and oxygen atoms in total. The van der Waals surface area contributed by atoms with Gasteiger partial charge in [0.2, 0.25) is 0 Å². The second-order valence-electron chi connectivity index (χ2n) is 9.26. The number of aromatic hydroxyl groups is 1. The summed E-state index contributed by atoms with van der Waals surface area (Å²) in [5.41, 5.74) is 1.26. The van der Waals surface area contributed by atoms with Gasteiger partial charge in [-0.2, -0.15) is 0 Å². The van der Waals surface area contributed by atoms with Crippen LogP contribution in [0.2, 0.25) is 0 Å². The van der Waals surface area contributed by atoms with E-state index in [1.807, 2.05) is 12.1 Å². The molecule has 0 spiro atoms. The molecule has 0 saturated heterocycles. The van der Waals surface area contributed by atoms with Gasteiger partial charge in [-0.15, -0.1) is 0 Å². The van der Waals surface area contributed by atoms with Gasteiger partial charge >= 0.3 is 11.9 Å². The highest BCUT2D eigenvalue weighted by Gasteiger charge is 2.49. The molecule has 3 rings (SSSR count). The number of phenolic OH excluding ortho intramolecular Hbond substituents is 1. The lowest BCUT2D eigenvalue weighted by molar-refractivity contribution is -0.144. The van der Waals surface area contributed by atoms with E-state index < -0.39 is 22.8 Å². The third-order valence-corrected chi connectivity index (χ3v) is 6.99. The van der Waals surface area contributed by atoms with Crippen molar-refractivity contribution in [1.82, 2.24) is 0 Å². The first-order chi connectivity index (χ1) is 13.9. The van der Waals surface area contributed by atoms with E-state index in [2.05, 4.69) is 6.07 Å². The fraction of sp³-hybridized carbons (Fsp3) is 0.667. The number of carbonyl (C=O) groups is 2. The topological polar surface area (TPSA) is 94.8 Å². The minimum Gasteiger partial charge on any atom is -0.508 e. The molecule has 0 radical (unpaired) electrons. The largest absolute Gasteiger partial charge is 0.508 e. The van der Waals surface area contributed by atoms with Crippen molar-refractivity contribution in [3.05, 3.63) is 29.3 Å². The minimum absolute atomic E-state index is 0.356. The van der Waals surface area contributed by atoms with Gasteiger partial charge in [-0.1, -0.05) is 37.8 Å². The summed E-state index contributed by atoms with van der Waals surface area (Å²) in [6.45, 7) is 0. The Kier molecular flexibility index (Phi) is 6.86. The number of hydrogen-bond acceptors (Lipinski definition) is 3. The van der Waals surface area contributed by atoms with E-state index in [1.165, 1.54) is 0 Å². The first kappa shape index (κ1) is 21.7. The minimum atomic E-state index is -0.639. The van der Waals surface area contributed by atoms with Crippen molar-refractivity contribution >= 4 is 11.9 Å². The van der Waals surface area contributed by atoms with Crippen LogP contribution in [0.25, 0.3) is 0 Å². The zero-order chi connectivity index (χ0) is 20.9. The van der Waals surface area contributed by atoms with Crippen molar-refractivity contribution in [2.75, 3.05) is 0 Å². The first-order valence-electron chi connectivity index (χ1n) is 11.1. The van der Waals surface area contributed by atoms with Crippen molar-refractivity contribution in [2.45, 2.75) is 89.9 Å². The van der Waals surface area contributed by atoms with Gasteiger partial charge in [0.05, 0.1) is 10.8 Å². The van der Waals surface area contributed by atoms with Gasteiger partial charge in [0.25, 0.3) is 0 Å². The number of hydrogen-bond donors (Lipinski definition) is 3. The van der Waals surface area contributed by atoms with Crippen molar-refractivity contribution < 1.29 is 24.9 Å². The maximum Gasteiger partial charge on any atom is 0.309 e. The highest BCUT2D eigenvalue weighted by atomic mass is 16.4. The number of aliphatic carboxylic acids is 2. The van der Waals surface area contributed by atoms with E-state index in [9.17, 15) is 24.9 Å². The molecule has 5 heteroatoms. The Hall–Kier alpha value is -2.04. The molecule has 0 bridgehead atoms. The molecule has 0 amide bonds. The van der Waals surface area contributed by atoms with E-state index in [-0.39, 0.29) is 0 Å². The number of phenols is 1. The highest BCUT2D eigenvalue weighted by molar-refractivity contribution is 5.78. The van der Waals surface area contributed by atoms with Gasteiger partial charge in [0.1, 0.15) is 5.75 Å². The van der Waals surface area contributed by atoms with Crippen molar-refractivity contribution in [2.24, 2.45) is 10.8 Å². The standard InChI is InChI=1S/C24H34O5/c25-20-17-18(7-3-1-5-11-23(13-14-23)21(26)27)9-10-19(20)8-4-2-6-12-24(15-16-24)22(28)29/h9-10,17,25H,1-8,11-16H2,(H,26,27)(H,28,29). The lowest BCUT2D eigenvalue weighted by Gasteiger charge is -2.10. The summed E-state index contributed by atoms with van der Waals surface area (Å²) in [5.74, 6) is -0.916. The first-order valence-corrected chi connectivity index (χ1v) is 11.1. The van der Waals surface area contributed by atoms with Gasteiger partial charge in [-0.3, -0.25) is 9.59 Å². The van der Waals surface area contributed by atoms with Crippen LogP contribution in [0.3, 0.4) is 0 Å². The van der Waals surface area contributed by atoms with Gasteiger partial charge in [0.15, 0.2) is 0 Å². The van der Waals surface area contributed by atoms with Gasteiger partial charge in [-0.05, 0) is 81.4 Å². The number of benzene rings is 1. The number of carboxylic acid groups (broad SMARTS) is 2. The lowest BCUT2D eigenvalue weighted by atomic mass is 9.96. The second kappa shape index (κ2) is 9.19. The molecule has 29 heavy (non-hydrogen) atoms. The molecule has 3 N–H and O–H groups in total. The van der Waals surface area contributed by atoms with Crippen LogP contribution in [0.4, 0.5) is 0 Å². The zero-order valence-electron chi connectivity index (χ0n) is 17.3. The zero-order valence-corrected chi connectivity index (χ0v) is 17.3. The molecule has 2 saturated carbocycles. The summed E-state index contributed by atoms with van der Waals surface area (Å²) in [4.78, 5) is 22.3. The smallest absolute Gasteiger partial charge is 0.309 e. The number of rotatable bonds is 14. The molecule has 2 aliphatic carbocycles. The van der Waals surface area contributed by atoms with E-state index in [1.54, 1.807) is 0 Å². The van der Waals surface area contributed by atoms with E-state index in [0.717, 1.165) is 101 Å². The lowest BCUT2D eigenvalue weighted by Crippen LogP contribution is -2.14. The van der Waals surface area contributed by atoms with Crippen molar-refractivity contribution in [3.8, 4) is 5.75 Å². The van der Waals surface area contributed by atoms with Crippen LogP contribution in [0.1, 0.15) is 88.2 Å². The molecular weight excluding hydrogens is 368 g/mol. The van der Waals surface area contributed by atoms with Gasteiger partial charge < -0.3 is 15.3 Å². The number of aryl methyl sites for hydroxylation is 2. The highest BCUT2D eigenvalue weighted by Crippen LogP contribution is 2.50. The normalized spacial score (nSPS) is 18.3. The Bertz CT molecular complexity index is 731. The van der Waals surface area contributed by atoms with Crippen LogP contribution in [0.15, 0.2) is 18.2 Å². The molecule has 2 aliphatic rings. The Labute approximate surface area is 173 Å². The Morgan fingerprint density at radius 2 is 1.28 bits per heavy atom. The molecule has 0 aromatic heterocycles. The third-order valence-electron chi connectivity index (χ3n) is 6.99. The maximum atomic E-state index is 11.2. The number of carboxylic acids is 2. The van der Waals surface area contributed by atoms with Crippen LogP contribution in [-0.4, -0.2) is 27.3 Å². The van der Waals surface area contributed by atoms with Crippen molar-refractivity contribution in [3.63, 3.8) is 0 Å². The summed E-state index contributed by atoms with van der Waals surface area (Å²) < 4.78 is 0. The van der Waals surface area contributed by atoms with Gasteiger partial charge in [-0.25, -0.2) is 0 Å². The quantitative estimate of drug-likeness (QED) is 0.366. The van der Waals surface area contributed by atoms with Crippen LogP contribution < -0.4 is 0 Å². The molecular formula is C24H34O5. The summed E-state index contributed by atoms with van der Waals surface area (Å²) >= 11 is 0. The summed E-state index contributed by atoms with van der Waals surface area (Å²) in [7, 11) is 0. The monoisotopic (exact) mass is 402 g/mol. The van der Waals surface area contributed by atoms with Crippen LogP contribution in [-0.2, 0) is 22.4 Å².